The quantitative estimate of drug-likeness (QED) is 0.745. The summed E-state index contributed by atoms with van der Waals surface area (Å²) in [6.45, 7) is 2.53. The minimum atomic E-state index is 0.595. The molecule has 0 aliphatic heterocycles. The van der Waals surface area contributed by atoms with E-state index >= 15 is 0 Å². The summed E-state index contributed by atoms with van der Waals surface area (Å²) in [7, 11) is 0. The molecule has 2 rings (SSSR count). The zero-order chi connectivity index (χ0) is 10.7. The number of aryl methyl sites for hydroxylation is 1. The van der Waals surface area contributed by atoms with Crippen molar-refractivity contribution in [3.63, 3.8) is 0 Å². The fourth-order valence-corrected chi connectivity index (χ4v) is 1.48. The van der Waals surface area contributed by atoms with Gasteiger partial charge in [-0.15, -0.1) is 0 Å². The van der Waals surface area contributed by atoms with Crippen LogP contribution in [0.1, 0.15) is 24.4 Å². The van der Waals surface area contributed by atoms with E-state index in [1.807, 2.05) is 13.0 Å². The first-order valence-electron chi connectivity index (χ1n) is 5.07. The lowest BCUT2D eigenvalue weighted by atomic mass is 10.4. The molecular formula is C10H14N4S. The molecule has 1 aliphatic carbocycles. The van der Waals surface area contributed by atoms with E-state index in [1.54, 1.807) is 6.20 Å². The summed E-state index contributed by atoms with van der Waals surface area (Å²) in [5, 5.41) is 7.06. The van der Waals surface area contributed by atoms with Crippen LogP contribution in [0, 0.1) is 6.92 Å². The Bertz CT molecular complexity index is 362. The summed E-state index contributed by atoms with van der Waals surface area (Å²) in [5.74, 6) is 0.787. The minimum Gasteiger partial charge on any atom is -0.360 e. The highest BCUT2D eigenvalue weighted by molar-refractivity contribution is 7.80. The van der Waals surface area contributed by atoms with E-state index in [0.717, 1.165) is 11.5 Å². The summed E-state index contributed by atoms with van der Waals surface area (Å²) in [6.07, 6.45) is 4.22. The topological polar surface area (TPSA) is 49.8 Å². The van der Waals surface area contributed by atoms with E-state index < -0.39 is 0 Å². The summed E-state index contributed by atoms with van der Waals surface area (Å²) in [6, 6.07) is 2.48. The van der Waals surface area contributed by atoms with Crippen molar-refractivity contribution in [1.29, 1.82) is 0 Å². The molecule has 4 nitrogen and oxygen atoms in total. The molecule has 0 atom stereocenters. The monoisotopic (exact) mass is 222 g/mol. The van der Waals surface area contributed by atoms with Crippen LogP contribution in [0.3, 0.4) is 0 Å². The lowest BCUT2D eigenvalue weighted by Crippen LogP contribution is -2.36. The molecule has 2 N–H and O–H groups in total. The van der Waals surface area contributed by atoms with Gasteiger partial charge in [-0.1, -0.05) is 0 Å². The van der Waals surface area contributed by atoms with Crippen LogP contribution in [-0.4, -0.2) is 21.1 Å². The molecule has 1 heterocycles. The summed E-state index contributed by atoms with van der Waals surface area (Å²) in [5.41, 5.74) is 0.961. The molecule has 1 fully saturated rings. The van der Waals surface area contributed by atoms with Gasteiger partial charge in [0.05, 0.1) is 12.2 Å². The van der Waals surface area contributed by atoms with Crippen LogP contribution in [0.4, 0.5) is 0 Å². The van der Waals surface area contributed by atoms with E-state index in [1.165, 1.54) is 12.8 Å². The third-order valence-electron chi connectivity index (χ3n) is 2.18. The van der Waals surface area contributed by atoms with Gasteiger partial charge in [-0.25, -0.2) is 9.97 Å². The Morgan fingerprint density at radius 3 is 3.07 bits per heavy atom. The molecule has 1 aromatic rings. The number of nitrogens with one attached hydrogen (secondary N) is 2. The largest absolute Gasteiger partial charge is 0.360 e. The molecule has 0 spiro atoms. The van der Waals surface area contributed by atoms with Crippen LogP contribution in [0.5, 0.6) is 0 Å². The van der Waals surface area contributed by atoms with Gasteiger partial charge in [0.15, 0.2) is 5.11 Å². The van der Waals surface area contributed by atoms with Crippen LogP contribution in [0.2, 0.25) is 0 Å². The van der Waals surface area contributed by atoms with Crippen molar-refractivity contribution < 1.29 is 0 Å². The van der Waals surface area contributed by atoms with Gasteiger partial charge < -0.3 is 10.6 Å². The smallest absolute Gasteiger partial charge is 0.166 e. The Hall–Kier alpha value is -1.23. The van der Waals surface area contributed by atoms with Crippen molar-refractivity contribution in [1.82, 2.24) is 20.6 Å². The van der Waals surface area contributed by atoms with Crippen molar-refractivity contribution in [3.05, 3.63) is 23.8 Å². The molecular weight excluding hydrogens is 208 g/mol. The van der Waals surface area contributed by atoms with Crippen LogP contribution < -0.4 is 10.6 Å². The number of thiocarbonyl (C=S) groups is 1. The van der Waals surface area contributed by atoms with Crippen molar-refractivity contribution >= 4 is 17.3 Å². The highest BCUT2D eigenvalue weighted by Crippen LogP contribution is 2.18. The average molecular weight is 222 g/mol. The van der Waals surface area contributed by atoms with Crippen molar-refractivity contribution in [2.75, 3.05) is 0 Å². The maximum Gasteiger partial charge on any atom is 0.166 e. The molecule has 5 heteroatoms. The van der Waals surface area contributed by atoms with Crippen LogP contribution in [-0.2, 0) is 6.54 Å². The predicted molar refractivity (Wildman–Crippen MR) is 62.4 cm³/mol. The third kappa shape index (κ3) is 3.43. The molecule has 1 aromatic heterocycles. The molecule has 0 aromatic carbocycles. The number of rotatable bonds is 3. The van der Waals surface area contributed by atoms with Gasteiger partial charge in [-0.05, 0) is 38.0 Å². The number of aromatic nitrogens is 2. The maximum absolute atomic E-state index is 5.14. The second kappa shape index (κ2) is 4.53. The van der Waals surface area contributed by atoms with Gasteiger partial charge >= 0.3 is 0 Å². The van der Waals surface area contributed by atoms with Gasteiger partial charge in [0.1, 0.15) is 5.82 Å². The molecule has 80 valence electrons. The zero-order valence-corrected chi connectivity index (χ0v) is 9.47. The van der Waals surface area contributed by atoms with Crippen molar-refractivity contribution in [2.45, 2.75) is 32.4 Å². The number of nitrogens with zero attached hydrogens (tertiary/aromatic N) is 2. The van der Waals surface area contributed by atoms with E-state index in [9.17, 15) is 0 Å². The maximum atomic E-state index is 5.14. The summed E-state index contributed by atoms with van der Waals surface area (Å²) < 4.78 is 0. The molecule has 1 aliphatic rings. The number of hydrogen-bond acceptors (Lipinski definition) is 3. The van der Waals surface area contributed by atoms with Gasteiger partial charge in [0.2, 0.25) is 0 Å². The van der Waals surface area contributed by atoms with Gasteiger partial charge in [0, 0.05) is 12.2 Å². The zero-order valence-electron chi connectivity index (χ0n) is 8.66. The fraction of sp³-hybridized carbons (Fsp3) is 0.500. The highest BCUT2D eigenvalue weighted by atomic mass is 32.1. The Morgan fingerprint density at radius 2 is 2.40 bits per heavy atom. The lowest BCUT2D eigenvalue weighted by Gasteiger charge is -2.08. The first-order chi connectivity index (χ1) is 7.24. The van der Waals surface area contributed by atoms with E-state index in [4.69, 9.17) is 12.2 Å². The SMILES string of the molecule is Cc1nccc(CNC(=S)NC2CC2)n1. The lowest BCUT2D eigenvalue weighted by molar-refractivity contribution is 0.802. The Morgan fingerprint density at radius 1 is 1.60 bits per heavy atom. The van der Waals surface area contributed by atoms with Crippen molar-refractivity contribution in [2.24, 2.45) is 0 Å². The average Bonchev–Trinajstić information content (AvgIpc) is 2.99. The first kappa shape index (κ1) is 10.3. The standard InChI is InChI=1S/C10H14N4S/c1-7-11-5-4-9(13-7)6-12-10(15)14-8-2-3-8/h4-5,8H,2-3,6H2,1H3,(H2,12,14,15). The van der Waals surface area contributed by atoms with Crippen molar-refractivity contribution in [3.8, 4) is 0 Å². The Kier molecular flexibility index (Phi) is 3.11. The molecule has 0 bridgehead atoms. The van der Waals surface area contributed by atoms with Crippen LogP contribution in [0.25, 0.3) is 0 Å². The van der Waals surface area contributed by atoms with Gasteiger partial charge in [0.25, 0.3) is 0 Å². The number of hydrogen-bond donors (Lipinski definition) is 2. The van der Waals surface area contributed by atoms with E-state index in [-0.39, 0.29) is 0 Å². The highest BCUT2D eigenvalue weighted by Gasteiger charge is 2.21. The molecule has 15 heavy (non-hydrogen) atoms. The van der Waals surface area contributed by atoms with Crippen LogP contribution in [0.15, 0.2) is 12.3 Å². The predicted octanol–water partition coefficient (Wildman–Crippen LogP) is 0.912. The van der Waals surface area contributed by atoms with Crippen LogP contribution >= 0.6 is 12.2 Å². The molecule has 0 radical (unpaired) electrons. The Balaban J connectivity index is 1.78. The van der Waals surface area contributed by atoms with Gasteiger partial charge in [-0.2, -0.15) is 0 Å². The normalized spacial score (nSPS) is 14.7. The molecule has 0 amide bonds. The third-order valence-corrected chi connectivity index (χ3v) is 2.44. The van der Waals surface area contributed by atoms with E-state index in [2.05, 4.69) is 20.6 Å². The summed E-state index contributed by atoms with van der Waals surface area (Å²) in [4.78, 5) is 8.32. The second-order valence-electron chi connectivity index (χ2n) is 3.70. The Labute approximate surface area is 94.5 Å². The fourth-order valence-electron chi connectivity index (χ4n) is 1.24. The van der Waals surface area contributed by atoms with E-state index in [0.29, 0.717) is 17.7 Å². The minimum absolute atomic E-state index is 0.595. The first-order valence-corrected chi connectivity index (χ1v) is 5.48. The molecule has 0 unspecified atom stereocenters. The van der Waals surface area contributed by atoms with Gasteiger partial charge in [-0.3, -0.25) is 0 Å². The summed E-state index contributed by atoms with van der Waals surface area (Å²) >= 11 is 5.14. The molecule has 1 saturated carbocycles. The second-order valence-corrected chi connectivity index (χ2v) is 4.10. The molecule has 0 saturated heterocycles.